The van der Waals surface area contributed by atoms with E-state index >= 15 is 0 Å². The predicted octanol–water partition coefficient (Wildman–Crippen LogP) is 5.51. The summed E-state index contributed by atoms with van der Waals surface area (Å²) in [6, 6.07) is 22.5. The van der Waals surface area contributed by atoms with Crippen molar-refractivity contribution in [3.63, 3.8) is 0 Å². The Morgan fingerprint density at radius 3 is 2.48 bits per heavy atom. The highest BCUT2D eigenvalue weighted by molar-refractivity contribution is 5.94. The van der Waals surface area contributed by atoms with E-state index in [2.05, 4.69) is 10.2 Å². The maximum Gasteiger partial charge on any atom is 0.254 e. The molecule has 0 unspecified atom stereocenters. The topological polar surface area (TPSA) is 68.5 Å². The van der Waals surface area contributed by atoms with Crippen molar-refractivity contribution in [2.75, 3.05) is 0 Å². The zero-order chi connectivity index (χ0) is 23.2. The average molecular weight is 445 g/mol. The van der Waals surface area contributed by atoms with Gasteiger partial charge in [0.05, 0.1) is 6.54 Å². The summed E-state index contributed by atoms with van der Waals surface area (Å²) in [5.74, 6) is 0.865. The minimum absolute atomic E-state index is 0.0895. The van der Waals surface area contributed by atoms with Gasteiger partial charge in [-0.3, -0.25) is 4.79 Å². The van der Waals surface area contributed by atoms with E-state index in [-0.39, 0.29) is 30.9 Å². The molecular formula is C26H24FN3O3. The normalized spacial score (nSPS) is 10.9. The third-order valence-corrected chi connectivity index (χ3v) is 5.08. The van der Waals surface area contributed by atoms with Gasteiger partial charge in [0.15, 0.2) is 0 Å². The number of carbonyl (C=O) groups is 1. The summed E-state index contributed by atoms with van der Waals surface area (Å²) >= 11 is 0. The van der Waals surface area contributed by atoms with Gasteiger partial charge in [0.25, 0.3) is 5.91 Å². The summed E-state index contributed by atoms with van der Waals surface area (Å²) in [4.78, 5) is 14.9. The fourth-order valence-corrected chi connectivity index (χ4v) is 3.28. The summed E-state index contributed by atoms with van der Waals surface area (Å²) in [6.07, 6.45) is 0. The van der Waals surface area contributed by atoms with E-state index in [1.807, 2.05) is 44.2 Å². The van der Waals surface area contributed by atoms with Crippen LogP contribution >= 0.6 is 0 Å². The Hall–Kier alpha value is -4.00. The molecule has 0 saturated heterocycles. The first-order chi connectivity index (χ1) is 16.0. The van der Waals surface area contributed by atoms with E-state index in [9.17, 15) is 9.18 Å². The van der Waals surface area contributed by atoms with Gasteiger partial charge in [-0.1, -0.05) is 36.4 Å². The molecule has 1 amide bonds. The molecule has 168 valence electrons. The Morgan fingerprint density at radius 1 is 1.00 bits per heavy atom. The molecule has 0 saturated carbocycles. The molecule has 0 spiro atoms. The van der Waals surface area contributed by atoms with E-state index in [1.165, 1.54) is 12.1 Å². The molecule has 33 heavy (non-hydrogen) atoms. The van der Waals surface area contributed by atoms with Crippen LogP contribution in [0.4, 0.5) is 4.39 Å². The summed E-state index contributed by atoms with van der Waals surface area (Å²) in [6.45, 7) is 4.33. The van der Waals surface area contributed by atoms with Gasteiger partial charge in [-0.05, 0) is 61.9 Å². The molecule has 1 aromatic heterocycles. The molecule has 7 heteroatoms. The Morgan fingerprint density at radius 2 is 1.76 bits per heavy atom. The second kappa shape index (κ2) is 10.1. The second-order valence-electron chi connectivity index (χ2n) is 7.84. The van der Waals surface area contributed by atoms with Crippen LogP contribution in [0.1, 0.15) is 35.7 Å². The zero-order valence-electron chi connectivity index (χ0n) is 18.4. The van der Waals surface area contributed by atoms with Crippen molar-refractivity contribution < 1.29 is 18.3 Å². The van der Waals surface area contributed by atoms with Crippen LogP contribution in [0.3, 0.4) is 0 Å². The molecule has 0 aliphatic carbocycles. The number of amides is 1. The maximum absolute atomic E-state index is 13.3. The highest BCUT2D eigenvalue weighted by Crippen LogP contribution is 2.21. The molecule has 3 aromatic carbocycles. The Kier molecular flexibility index (Phi) is 6.78. The van der Waals surface area contributed by atoms with Crippen molar-refractivity contribution in [1.29, 1.82) is 0 Å². The first-order valence-corrected chi connectivity index (χ1v) is 10.7. The number of hydrogen-bond donors (Lipinski definition) is 0. The van der Waals surface area contributed by atoms with Crippen LogP contribution in [0, 0.1) is 5.82 Å². The number of nitrogens with zero attached hydrogens (tertiary/aromatic N) is 3. The molecule has 4 aromatic rings. The second-order valence-corrected chi connectivity index (χ2v) is 7.84. The van der Waals surface area contributed by atoms with Crippen LogP contribution < -0.4 is 4.74 Å². The lowest BCUT2D eigenvalue weighted by molar-refractivity contribution is 0.0672. The predicted molar refractivity (Wildman–Crippen MR) is 122 cm³/mol. The third kappa shape index (κ3) is 5.63. The maximum atomic E-state index is 13.3. The molecule has 0 fully saturated rings. The largest absolute Gasteiger partial charge is 0.489 e. The zero-order valence-corrected chi connectivity index (χ0v) is 18.4. The number of halogens is 1. The number of aromatic nitrogens is 2. The van der Waals surface area contributed by atoms with Gasteiger partial charge >= 0.3 is 0 Å². The SMILES string of the molecule is CC(C)N(Cc1nnc(-c2ccccc2)o1)C(=O)c1cccc(OCc2ccc(F)cc2)c1. The summed E-state index contributed by atoms with van der Waals surface area (Å²) in [5, 5.41) is 8.22. The van der Waals surface area contributed by atoms with Gasteiger partial charge in [0, 0.05) is 17.2 Å². The van der Waals surface area contributed by atoms with Crippen molar-refractivity contribution in [2.45, 2.75) is 33.0 Å². The van der Waals surface area contributed by atoms with E-state index in [0.717, 1.165) is 11.1 Å². The molecular weight excluding hydrogens is 421 g/mol. The van der Waals surface area contributed by atoms with Crippen molar-refractivity contribution in [2.24, 2.45) is 0 Å². The highest BCUT2D eigenvalue weighted by Gasteiger charge is 2.22. The average Bonchev–Trinajstić information content (AvgIpc) is 3.31. The minimum Gasteiger partial charge on any atom is -0.489 e. The molecule has 0 aliphatic rings. The van der Waals surface area contributed by atoms with Gasteiger partial charge in [0.1, 0.15) is 18.2 Å². The van der Waals surface area contributed by atoms with Gasteiger partial charge in [0.2, 0.25) is 11.8 Å². The quantitative estimate of drug-likeness (QED) is 0.358. The summed E-state index contributed by atoms with van der Waals surface area (Å²) in [5.41, 5.74) is 2.15. The number of benzene rings is 3. The first-order valence-electron chi connectivity index (χ1n) is 10.7. The van der Waals surface area contributed by atoms with Crippen LogP contribution in [0.15, 0.2) is 83.3 Å². The number of ether oxygens (including phenoxy) is 1. The highest BCUT2D eigenvalue weighted by atomic mass is 19.1. The van der Waals surface area contributed by atoms with Gasteiger partial charge in [-0.2, -0.15) is 0 Å². The summed E-state index contributed by atoms with van der Waals surface area (Å²) in [7, 11) is 0. The summed E-state index contributed by atoms with van der Waals surface area (Å²) < 4.78 is 24.7. The van der Waals surface area contributed by atoms with Crippen LogP contribution in [0.2, 0.25) is 0 Å². The lowest BCUT2D eigenvalue weighted by Crippen LogP contribution is -2.36. The van der Waals surface area contributed by atoms with Crippen molar-refractivity contribution in [3.05, 3.63) is 102 Å². The standard InChI is InChI=1S/C26H24FN3O3/c1-18(2)30(16-24-28-29-25(33-24)20-7-4-3-5-8-20)26(31)21-9-6-10-23(15-21)32-17-19-11-13-22(27)14-12-19/h3-15,18H,16-17H2,1-2H3. The van der Waals surface area contributed by atoms with E-state index in [1.54, 1.807) is 41.3 Å². The van der Waals surface area contributed by atoms with Gasteiger partial charge in [-0.25, -0.2) is 4.39 Å². The Labute approximate surface area is 191 Å². The number of carbonyl (C=O) groups excluding carboxylic acids is 1. The first kappa shape index (κ1) is 22.2. The monoisotopic (exact) mass is 445 g/mol. The number of rotatable bonds is 8. The molecule has 0 N–H and O–H groups in total. The molecule has 4 rings (SSSR count). The van der Waals surface area contributed by atoms with Crippen LogP contribution in [-0.4, -0.2) is 27.0 Å². The molecule has 0 atom stereocenters. The van der Waals surface area contributed by atoms with Crippen molar-refractivity contribution >= 4 is 5.91 Å². The van der Waals surface area contributed by atoms with Crippen LogP contribution in [0.25, 0.3) is 11.5 Å². The molecule has 1 heterocycles. The smallest absolute Gasteiger partial charge is 0.254 e. The fourth-order valence-electron chi connectivity index (χ4n) is 3.28. The number of hydrogen-bond acceptors (Lipinski definition) is 5. The lowest BCUT2D eigenvalue weighted by atomic mass is 10.1. The van der Waals surface area contributed by atoms with E-state index in [4.69, 9.17) is 9.15 Å². The Bertz CT molecular complexity index is 1210. The van der Waals surface area contributed by atoms with Crippen molar-refractivity contribution in [1.82, 2.24) is 15.1 Å². The minimum atomic E-state index is -0.294. The lowest BCUT2D eigenvalue weighted by Gasteiger charge is -2.25. The van der Waals surface area contributed by atoms with E-state index in [0.29, 0.717) is 23.1 Å². The van der Waals surface area contributed by atoms with Crippen LogP contribution in [0.5, 0.6) is 5.75 Å². The molecule has 0 radical (unpaired) electrons. The van der Waals surface area contributed by atoms with Crippen molar-refractivity contribution in [3.8, 4) is 17.2 Å². The third-order valence-electron chi connectivity index (χ3n) is 5.08. The molecule has 6 nitrogen and oxygen atoms in total. The molecule has 0 aliphatic heterocycles. The Balaban J connectivity index is 1.46. The van der Waals surface area contributed by atoms with Gasteiger partial charge in [-0.15, -0.1) is 10.2 Å². The van der Waals surface area contributed by atoms with Gasteiger partial charge < -0.3 is 14.1 Å². The fraction of sp³-hybridized carbons (Fsp3) is 0.192. The van der Waals surface area contributed by atoms with E-state index < -0.39 is 0 Å². The molecule has 0 bridgehead atoms. The van der Waals surface area contributed by atoms with Crippen LogP contribution in [-0.2, 0) is 13.2 Å².